The maximum absolute atomic E-state index is 12.7. The van der Waals surface area contributed by atoms with Crippen molar-refractivity contribution in [2.45, 2.75) is 20.0 Å². The van der Waals surface area contributed by atoms with Crippen LogP contribution in [0.3, 0.4) is 0 Å². The zero-order chi connectivity index (χ0) is 22.7. The average molecular weight is 449 g/mol. The van der Waals surface area contributed by atoms with E-state index in [0.29, 0.717) is 18.0 Å². The SMILES string of the molecule is C=C1N(Cc2ccc(C(=O)O)cc2)CCN1c1cc(C)c(C(=O)NCc2cccnc2)s1. The van der Waals surface area contributed by atoms with Gasteiger partial charge in [0.25, 0.3) is 5.91 Å². The first kappa shape index (κ1) is 21.6. The van der Waals surface area contributed by atoms with Crippen molar-refractivity contribution in [3.63, 3.8) is 0 Å². The Morgan fingerprint density at radius 2 is 1.97 bits per heavy atom. The fourth-order valence-electron chi connectivity index (χ4n) is 3.62. The van der Waals surface area contributed by atoms with E-state index in [1.165, 1.54) is 11.3 Å². The smallest absolute Gasteiger partial charge is 0.335 e. The molecular weight excluding hydrogens is 424 g/mol. The average Bonchev–Trinajstić information content (AvgIpc) is 3.35. The molecule has 3 heterocycles. The van der Waals surface area contributed by atoms with Gasteiger partial charge in [-0.05, 0) is 47.9 Å². The lowest BCUT2D eigenvalue weighted by atomic mass is 10.1. The predicted octanol–water partition coefficient (Wildman–Crippen LogP) is 3.87. The Labute approximate surface area is 190 Å². The third kappa shape index (κ3) is 4.65. The molecule has 1 aliphatic rings. The summed E-state index contributed by atoms with van der Waals surface area (Å²) in [4.78, 5) is 32.8. The lowest BCUT2D eigenvalue weighted by Crippen LogP contribution is -2.22. The lowest BCUT2D eigenvalue weighted by Gasteiger charge is -2.22. The molecule has 1 aliphatic heterocycles. The molecule has 1 fully saturated rings. The summed E-state index contributed by atoms with van der Waals surface area (Å²) < 4.78 is 0. The summed E-state index contributed by atoms with van der Waals surface area (Å²) in [7, 11) is 0. The Balaban J connectivity index is 1.40. The number of hydrogen-bond acceptors (Lipinski definition) is 6. The van der Waals surface area contributed by atoms with Crippen LogP contribution in [0.4, 0.5) is 5.00 Å². The van der Waals surface area contributed by atoms with Crippen LogP contribution in [0.1, 0.15) is 36.7 Å². The van der Waals surface area contributed by atoms with Crippen LogP contribution in [0.25, 0.3) is 0 Å². The van der Waals surface area contributed by atoms with Crippen molar-refractivity contribution in [1.29, 1.82) is 0 Å². The van der Waals surface area contributed by atoms with E-state index in [9.17, 15) is 9.59 Å². The molecule has 0 aliphatic carbocycles. The molecule has 0 bridgehead atoms. The normalized spacial score (nSPS) is 13.5. The standard InChI is InChI=1S/C24H24N4O3S/c1-16-12-21(32-22(16)23(29)26-14-19-4-3-9-25-13-19)28-11-10-27(17(28)2)15-18-5-7-20(8-6-18)24(30)31/h3-9,12-13H,2,10-11,14-15H2,1H3,(H,26,29)(H,30,31). The van der Waals surface area contributed by atoms with Crippen LogP contribution in [0, 0.1) is 6.92 Å². The monoisotopic (exact) mass is 448 g/mol. The predicted molar refractivity (Wildman–Crippen MR) is 125 cm³/mol. The van der Waals surface area contributed by atoms with E-state index in [1.54, 1.807) is 24.5 Å². The number of pyridine rings is 1. The van der Waals surface area contributed by atoms with Crippen molar-refractivity contribution in [3.05, 3.63) is 94.4 Å². The second-order valence-electron chi connectivity index (χ2n) is 7.63. The molecule has 0 radical (unpaired) electrons. The number of nitrogens with zero attached hydrogens (tertiary/aromatic N) is 3. The van der Waals surface area contributed by atoms with E-state index >= 15 is 0 Å². The maximum Gasteiger partial charge on any atom is 0.335 e. The van der Waals surface area contributed by atoms with Gasteiger partial charge in [0.1, 0.15) is 5.82 Å². The second kappa shape index (κ2) is 9.23. The van der Waals surface area contributed by atoms with Crippen molar-refractivity contribution < 1.29 is 14.7 Å². The quantitative estimate of drug-likeness (QED) is 0.571. The number of amides is 1. The lowest BCUT2D eigenvalue weighted by molar-refractivity contribution is 0.0696. The molecule has 0 spiro atoms. The number of thiophene rings is 1. The van der Waals surface area contributed by atoms with Gasteiger partial charge in [0.15, 0.2) is 0 Å². The number of carbonyl (C=O) groups excluding carboxylic acids is 1. The molecule has 2 aromatic heterocycles. The van der Waals surface area contributed by atoms with Gasteiger partial charge >= 0.3 is 5.97 Å². The number of aromatic nitrogens is 1. The number of aromatic carboxylic acids is 1. The number of nitrogens with one attached hydrogen (secondary N) is 1. The third-order valence-corrected chi connectivity index (χ3v) is 6.66. The van der Waals surface area contributed by atoms with E-state index < -0.39 is 5.97 Å². The fourth-order valence-corrected chi connectivity index (χ4v) is 4.76. The Hall–Kier alpha value is -3.65. The first-order valence-corrected chi connectivity index (χ1v) is 11.0. The van der Waals surface area contributed by atoms with Gasteiger partial charge in [-0.25, -0.2) is 4.79 Å². The van der Waals surface area contributed by atoms with E-state index in [0.717, 1.165) is 40.6 Å². The molecule has 3 aromatic rings. The van der Waals surface area contributed by atoms with Gasteiger partial charge in [-0.1, -0.05) is 24.8 Å². The molecule has 0 saturated carbocycles. The number of hydrogen-bond donors (Lipinski definition) is 2. The van der Waals surface area contributed by atoms with Gasteiger partial charge < -0.3 is 20.2 Å². The summed E-state index contributed by atoms with van der Waals surface area (Å²) in [6.07, 6.45) is 3.45. The van der Waals surface area contributed by atoms with E-state index in [1.807, 2.05) is 37.3 Å². The van der Waals surface area contributed by atoms with Crippen LogP contribution >= 0.6 is 11.3 Å². The van der Waals surface area contributed by atoms with Gasteiger partial charge in [-0.3, -0.25) is 9.78 Å². The molecule has 1 amide bonds. The Kier molecular flexibility index (Phi) is 6.23. The van der Waals surface area contributed by atoms with Crippen LogP contribution < -0.4 is 10.2 Å². The molecule has 4 rings (SSSR count). The van der Waals surface area contributed by atoms with Crippen LogP contribution in [-0.2, 0) is 13.1 Å². The molecule has 7 nitrogen and oxygen atoms in total. The van der Waals surface area contributed by atoms with E-state index in [-0.39, 0.29) is 11.5 Å². The first-order valence-electron chi connectivity index (χ1n) is 10.2. The zero-order valence-corrected chi connectivity index (χ0v) is 18.6. The van der Waals surface area contributed by atoms with Crippen molar-refractivity contribution >= 4 is 28.2 Å². The number of carboxylic acid groups (broad SMARTS) is 1. The summed E-state index contributed by atoms with van der Waals surface area (Å²) in [5.74, 6) is -0.152. The molecule has 0 unspecified atom stereocenters. The molecule has 32 heavy (non-hydrogen) atoms. The van der Waals surface area contributed by atoms with Crippen LogP contribution in [0.2, 0.25) is 0 Å². The van der Waals surface area contributed by atoms with Crippen LogP contribution in [-0.4, -0.2) is 40.0 Å². The van der Waals surface area contributed by atoms with Gasteiger partial charge in [0, 0.05) is 38.6 Å². The highest BCUT2D eigenvalue weighted by atomic mass is 32.1. The number of anilines is 1. The minimum absolute atomic E-state index is 0.0946. The largest absolute Gasteiger partial charge is 0.478 e. The van der Waals surface area contributed by atoms with Crippen molar-refractivity contribution in [2.75, 3.05) is 18.0 Å². The third-order valence-electron chi connectivity index (χ3n) is 5.40. The van der Waals surface area contributed by atoms with Gasteiger partial charge in [0.05, 0.1) is 15.4 Å². The molecule has 2 N–H and O–H groups in total. The Bertz CT molecular complexity index is 1140. The van der Waals surface area contributed by atoms with Crippen molar-refractivity contribution in [3.8, 4) is 0 Å². The molecule has 0 atom stereocenters. The highest BCUT2D eigenvalue weighted by Gasteiger charge is 2.27. The topological polar surface area (TPSA) is 85.8 Å². The molecule has 164 valence electrons. The summed E-state index contributed by atoms with van der Waals surface area (Å²) in [5.41, 5.74) is 3.19. The molecule has 8 heteroatoms. The van der Waals surface area contributed by atoms with Gasteiger partial charge in [-0.2, -0.15) is 0 Å². The van der Waals surface area contributed by atoms with Crippen molar-refractivity contribution in [1.82, 2.24) is 15.2 Å². The maximum atomic E-state index is 12.7. The zero-order valence-electron chi connectivity index (χ0n) is 17.7. The van der Waals surface area contributed by atoms with E-state index in [4.69, 9.17) is 5.11 Å². The molecule has 1 saturated heterocycles. The van der Waals surface area contributed by atoms with Gasteiger partial charge in [-0.15, -0.1) is 11.3 Å². The highest BCUT2D eigenvalue weighted by molar-refractivity contribution is 7.18. The fraction of sp³-hybridized carbons (Fsp3) is 0.208. The van der Waals surface area contributed by atoms with E-state index in [2.05, 4.69) is 26.7 Å². The second-order valence-corrected chi connectivity index (χ2v) is 8.66. The minimum atomic E-state index is -0.929. The number of rotatable bonds is 7. The number of aryl methyl sites for hydroxylation is 1. The molecule has 1 aromatic carbocycles. The Morgan fingerprint density at radius 1 is 1.19 bits per heavy atom. The number of carboxylic acids is 1. The minimum Gasteiger partial charge on any atom is -0.478 e. The van der Waals surface area contributed by atoms with Crippen molar-refractivity contribution in [2.24, 2.45) is 0 Å². The number of benzene rings is 1. The van der Waals surface area contributed by atoms with Crippen LogP contribution in [0.5, 0.6) is 0 Å². The van der Waals surface area contributed by atoms with Crippen LogP contribution in [0.15, 0.2) is 67.3 Å². The summed E-state index contributed by atoms with van der Waals surface area (Å²) >= 11 is 1.46. The number of carbonyl (C=O) groups is 2. The summed E-state index contributed by atoms with van der Waals surface area (Å²) in [6, 6.07) is 12.7. The Morgan fingerprint density at radius 3 is 2.66 bits per heavy atom. The first-order chi connectivity index (χ1) is 15.4. The highest BCUT2D eigenvalue weighted by Crippen LogP contribution is 2.35. The summed E-state index contributed by atoms with van der Waals surface area (Å²) in [5, 5.41) is 13.0. The molecular formula is C24H24N4O3S. The summed E-state index contributed by atoms with van der Waals surface area (Å²) in [6.45, 7) is 8.87. The van der Waals surface area contributed by atoms with Gasteiger partial charge in [0.2, 0.25) is 0 Å².